The van der Waals surface area contributed by atoms with Gasteiger partial charge >= 0.3 is 0 Å². The summed E-state index contributed by atoms with van der Waals surface area (Å²) in [5.74, 6) is 1.62. The largest absolute Gasteiger partial charge is 0.504 e. The van der Waals surface area contributed by atoms with Crippen molar-refractivity contribution in [2.45, 2.75) is 0 Å². The number of nitrogens with one attached hydrogen (secondary N) is 1. The summed E-state index contributed by atoms with van der Waals surface area (Å²) in [6.07, 6.45) is 6.55. The molecule has 0 saturated heterocycles. The fraction of sp³-hybridized carbons (Fsp3) is 0.179. The van der Waals surface area contributed by atoms with Crippen LogP contribution in [0.3, 0.4) is 0 Å². The van der Waals surface area contributed by atoms with Gasteiger partial charge in [0.2, 0.25) is 11.7 Å². The Kier molecular flexibility index (Phi) is 8.88. The third kappa shape index (κ3) is 6.26. The first kappa shape index (κ1) is 26.8. The van der Waals surface area contributed by atoms with Crippen molar-refractivity contribution in [3.8, 4) is 34.5 Å². The lowest BCUT2D eigenvalue weighted by Gasteiger charge is -2.14. The van der Waals surface area contributed by atoms with Gasteiger partial charge in [0.1, 0.15) is 5.75 Å². The first-order valence-electron chi connectivity index (χ1n) is 11.2. The highest BCUT2D eigenvalue weighted by Crippen LogP contribution is 2.40. The quantitative estimate of drug-likeness (QED) is 0.203. The number of hydrogen-bond donors (Lipinski definition) is 3. The van der Waals surface area contributed by atoms with Crippen LogP contribution in [0.5, 0.6) is 34.5 Å². The monoisotopic (exact) mass is 506 g/mol. The molecule has 0 aliphatic rings. The number of benzene rings is 3. The van der Waals surface area contributed by atoms with Crippen molar-refractivity contribution >= 4 is 35.5 Å². The molecule has 9 nitrogen and oxygen atoms in total. The number of anilines is 2. The van der Waals surface area contributed by atoms with Gasteiger partial charge in [0, 0.05) is 11.6 Å². The molecule has 3 rings (SSSR count). The zero-order valence-corrected chi connectivity index (χ0v) is 21.3. The SMILES string of the molecule is COc1ccc(/C=C\C(=O)Nc2c(/C=C\c3cc(OC)c(OC)c(OC)c3)ccc(O)c2OC)cc1N. The van der Waals surface area contributed by atoms with Gasteiger partial charge in [-0.25, -0.2) is 0 Å². The normalized spacial score (nSPS) is 10.9. The molecule has 0 spiro atoms. The predicted molar refractivity (Wildman–Crippen MR) is 145 cm³/mol. The second kappa shape index (κ2) is 12.3. The van der Waals surface area contributed by atoms with Gasteiger partial charge in [-0.15, -0.1) is 0 Å². The van der Waals surface area contributed by atoms with E-state index < -0.39 is 5.91 Å². The van der Waals surface area contributed by atoms with E-state index in [1.807, 2.05) is 6.08 Å². The summed E-state index contributed by atoms with van der Waals surface area (Å²) in [4.78, 5) is 12.8. The molecule has 37 heavy (non-hydrogen) atoms. The maximum Gasteiger partial charge on any atom is 0.248 e. The topological polar surface area (TPSA) is 122 Å². The van der Waals surface area contributed by atoms with Gasteiger partial charge in [0.15, 0.2) is 23.0 Å². The van der Waals surface area contributed by atoms with Crippen LogP contribution in [0.15, 0.2) is 48.5 Å². The number of carbonyl (C=O) groups excluding carboxylic acids is 1. The highest BCUT2D eigenvalue weighted by Gasteiger charge is 2.16. The maximum absolute atomic E-state index is 12.8. The zero-order chi connectivity index (χ0) is 26.9. The van der Waals surface area contributed by atoms with E-state index in [2.05, 4.69) is 5.32 Å². The second-order valence-electron chi connectivity index (χ2n) is 7.70. The Labute approximate surface area is 215 Å². The van der Waals surface area contributed by atoms with Gasteiger partial charge in [-0.1, -0.05) is 18.2 Å². The average molecular weight is 507 g/mol. The molecular formula is C28H30N2O7. The van der Waals surface area contributed by atoms with Gasteiger partial charge in [0.25, 0.3) is 0 Å². The molecule has 0 heterocycles. The van der Waals surface area contributed by atoms with Crippen molar-refractivity contribution in [2.24, 2.45) is 0 Å². The van der Waals surface area contributed by atoms with E-state index in [1.54, 1.807) is 48.6 Å². The van der Waals surface area contributed by atoms with E-state index >= 15 is 0 Å². The van der Waals surface area contributed by atoms with Gasteiger partial charge < -0.3 is 39.8 Å². The molecule has 3 aromatic carbocycles. The molecule has 0 unspecified atom stereocenters. The number of nitrogen functional groups attached to an aromatic ring is 1. The summed E-state index contributed by atoms with van der Waals surface area (Å²) in [5, 5.41) is 13.1. The molecule has 0 radical (unpaired) electrons. The number of hydrogen-bond acceptors (Lipinski definition) is 8. The number of amides is 1. The van der Waals surface area contributed by atoms with Crippen LogP contribution in [-0.4, -0.2) is 46.6 Å². The molecule has 0 saturated carbocycles. The highest BCUT2D eigenvalue weighted by molar-refractivity contribution is 6.04. The summed E-state index contributed by atoms with van der Waals surface area (Å²) >= 11 is 0. The van der Waals surface area contributed by atoms with E-state index in [1.165, 1.54) is 47.7 Å². The Balaban J connectivity index is 1.92. The van der Waals surface area contributed by atoms with Crippen molar-refractivity contribution in [3.63, 3.8) is 0 Å². The number of aromatic hydroxyl groups is 1. The van der Waals surface area contributed by atoms with E-state index in [9.17, 15) is 9.90 Å². The lowest BCUT2D eigenvalue weighted by molar-refractivity contribution is -0.111. The fourth-order valence-corrected chi connectivity index (χ4v) is 3.64. The minimum atomic E-state index is -0.430. The summed E-state index contributed by atoms with van der Waals surface area (Å²) < 4.78 is 26.7. The summed E-state index contributed by atoms with van der Waals surface area (Å²) in [6.45, 7) is 0. The van der Waals surface area contributed by atoms with Crippen LogP contribution >= 0.6 is 0 Å². The van der Waals surface area contributed by atoms with Gasteiger partial charge in [-0.2, -0.15) is 0 Å². The third-order valence-electron chi connectivity index (χ3n) is 5.44. The molecule has 0 aromatic heterocycles. The van der Waals surface area contributed by atoms with Crippen LogP contribution < -0.4 is 34.7 Å². The highest BCUT2D eigenvalue weighted by atomic mass is 16.5. The van der Waals surface area contributed by atoms with Crippen molar-refractivity contribution < 1.29 is 33.6 Å². The van der Waals surface area contributed by atoms with Crippen molar-refractivity contribution in [1.29, 1.82) is 0 Å². The van der Waals surface area contributed by atoms with Crippen molar-refractivity contribution in [2.75, 3.05) is 46.6 Å². The molecule has 194 valence electrons. The van der Waals surface area contributed by atoms with Crippen molar-refractivity contribution in [3.05, 3.63) is 65.2 Å². The smallest absolute Gasteiger partial charge is 0.248 e. The fourth-order valence-electron chi connectivity index (χ4n) is 3.64. The van der Waals surface area contributed by atoms with Crippen LogP contribution in [0.2, 0.25) is 0 Å². The zero-order valence-electron chi connectivity index (χ0n) is 21.3. The standard InChI is InChI=1S/C28H30N2O7/c1-33-22-12-7-17(14-20(22)29)8-13-25(32)30-26-19(10-11-21(31)27(26)36-4)9-6-18-15-23(34-2)28(37-5)24(16-18)35-3/h6-16,31H,29H2,1-5H3,(H,30,32)/b9-6-,13-8-. The molecular weight excluding hydrogens is 476 g/mol. The Morgan fingerprint density at radius 3 is 1.97 bits per heavy atom. The lowest BCUT2D eigenvalue weighted by atomic mass is 10.1. The van der Waals surface area contributed by atoms with Crippen LogP contribution in [0.4, 0.5) is 11.4 Å². The van der Waals surface area contributed by atoms with E-state index in [4.69, 9.17) is 29.4 Å². The van der Waals surface area contributed by atoms with Gasteiger partial charge in [0.05, 0.1) is 46.9 Å². The summed E-state index contributed by atoms with van der Waals surface area (Å²) in [6, 6.07) is 11.9. The molecule has 0 atom stereocenters. The number of phenols is 1. The molecule has 0 aliphatic heterocycles. The van der Waals surface area contributed by atoms with E-state index in [0.717, 1.165) is 11.1 Å². The first-order chi connectivity index (χ1) is 17.8. The third-order valence-corrected chi connectivity index (χ3v) is 5.44. The number of phenolic OH excluding ortho intramolecular Hbond substituents is 1. The Hall–Kier alpha value is -4.79. The lowest BCUT2D eigenvalue weighted by Crippen LogP contribution is -2.10. The van der Waals surface area contributed by atoms with Crippen LogP contribution in [-0.2, 0) is 4.79 Å². The minimum absolute atomic E-state index is 0.116. The van der Waals surface area contributed by atoms with Gasteiger partial charge in [-0.05, 0) is 53.6 Å². The van der Waals surface area contributed by atoms with Crippen LogP contribution in [0, 0.1) is 0 Å². The molecule has 9 heteroatoms. The molecule has 1 amide bonds. The second-order valence-corrected chi connectivity index (χ2v) is 7.70. The number of methoxy groups -OCH3 is 5. The van der Waals surface area contributed by atoms with Crippen LogP contribution in [0.1, 0.15) is 16.7 Å². The van der Waals surface area contributed by atoms with E-state index in [0.29, 0.717) is 39.9 Å². The molecule has 4 N–H and O–H groups in total. The van der Waals surface area contributed by atoms with Gasteiger partial charge in [-0.3, -0.25) is 4.79 Å². The number of carbonyl (C=O) groups is 1. The maximum atomic E-state index is 12.8. The van der Waals surface area contributed by atoms with E-state index in [-0.39, 0.29) is 11.5 Å². The molecule has 0 bridgehead atoms. The molecule has 3 aromatic rings. The summed E-state index contributed by atoms with van der Waals surface area (Å²) in [5.41, 5.74) is 8.77. The average Bonchev–Trinajstić information content (AvgIpc) is 2.91. The Morgan fingerprint density at radius 1 is 0.757 bits per heavy atom. The first-order valence-corrected chi connectivity index (χ1v) is 11.2. The van der Waals surface area contributed by atoms with Crippen LogP contribution in [0.25, 0.3) is 18.2 Å². The Bertz CT molecular complexity index is 1310. The molecule has 0 aliphatic carbocycles. The summed E-state index contributed by atoms with van der Waals surface area (Å²) in [7, 11) is 7.55. The predicted octanol–water partition coefficient (Wildman–Crippen LogP) is 4.84. The number of rotatable bonds is 10. The number of ether oxygens (including phenoxy) is 5. The molecule has 0 fully saturated rings. The Morgan fingerprint density at radius 2 is 1.41 bits per heavy atom. The van der Waals surface area contributed by atoms with Crippen molar-refractivity contribution in [1.82, 2.24) is 0 Å². The minimum Gasteiger partial charge on any atom is -0.504 e. The number of nitrogens with two attached hydrogens (primary N) is 1.